The molecule has 1 atom stereocenters. The first kappa shape index (κ1) is 15.7. The van der Waals surface area contributed by atoms with Gasteiger partial charge in [0.05, 0.1) is 16.3 Å². The SMILES string of the molecule is C=CC(=O)N1CCC(Nc2cc(C(F)(F)F)ccc2Cl)C1. The zero-order chi connectivity index (χ0) is 15.6. The fourth-order valence-corrected chi connectivity index (χ4v) is 2.41. The minimum absolute atomic E-state index is 0.130. The lowest BCUT2D eigenvalue weighted by Gasteiger charge is -2.18. The van der Waals surface area contributed by atoms with Crippen LogP contribution in [0, 0.1) is 0 Å². The van der Waals surface area contributed by atoms with Crippen molar-refractivity contribution >= 4 is 23.2 Å². The fraction of sp³-hybridized carbons (Fsp3) is 0.357. The Balaban J connectivity index is 2.10. The lowest BCUT2D eigenvalue weighted by Crippen LogP contribution is -2.30. The van der Waals surface area contributed by atoms with Crippen molar-refractivity contribution in [2.45, 2.75) is 18.6 Å². The van der Waals surface area contributed by atoms with Crippen LogP contribution in [0.15, 0.2) is 30.9 Å². The molecule has 0 bridgehead atoms. The lowest BCUT2D eigenvalue weighted by molar-refractivity contribution is -0.137. The third kappa shape index (κ3) is 3.69. The van der Waals surface area contributed by atoms with Gasteiger partial charge in [-0.2, -0.15) is 13.2 Å². The molecule has 0 saturated carbocycles. The van der Waals surface area contributed by atoms with Crippen LogP contribution in [0.2, 0.25) is 5.02 Å². The van der Waals surface area contributed by atoms with E-state index in [0.29, 0.717) is 19.5 Å². The molecule has 1 saturated heterocycles. The number of alkyl halides is 3. The van der Waals surface area contributed by atoms with Crippen molar-refractivity contribution in [3.8, 4) is 0 Å². The quantitative estimate of drug-likeness (QED) is 0.864. The number of nitrogens with zero attached hydrogens (tertiary/aromatic N) is 1. The summed E-state index contributed by atoms with van der Waals surface area (Å²) >= 11 is 5.92. The van der Waals surface area contributed by atoms with E-state index in [1.165, 1.54) is 12.1 Å². The number of benzene rings is 1. The summed E-state index contributed by atoms with van der Waals surface area (Å²) in [4.78, 5) is 13.1. The summed E-state index contributed by atoms with van der Waals surface area (Å²) in [6, 6.07) is 3.01. The van der Waals surface area contributed by atoms with Gasteiger partial charge in [-0.05, 0) is 30.7 Å². The molecule has 1 amide bonds. The van der Waals surface area contributed by atoms with Crippen LogP contribution in [0.4, 0.5) is 18.9 Å². The molecule has 1 heterocycles. The third-order valence-electron chi connectivity index (χ3n) is 3.33. The molecule has 7 heteroatoms. The van der Waals surface area contributed by atoms with Gasteiger partial charge in [-0.1, -0.05) is 18.2 Å². The van der Waals surface area contributed by atoms with Crippen LogP contribution in [-0.4, -0.2) is 29.9 Å². The van der Waals surface area contributed by atoms with Gasteiger partial charge in [0.15, 0.2) is 0 Å². The van der Waals surface area contributed by atoms with E-state index in [2.05, 4.69) is 11.9 Å². The van der Waals surface area contributed by atoms with Gasteiger partial charge in [0.25, 0.3) is 0 Å². The number of likely N-dealkylation sites (tertiary alicyclic amines) is 1. The van der Waals surface area contributed by atoms with Crippen LogP contribution in [0.25, 0.3) is 0 Å². The molecule has 3 nitrogen and oxygen atoms in total. The molecule has 0 radical (unpaired) electrons. The molecular formula is C14H14ClF3N2O. The molecule has 1 unspecified atom stereocenters. The van der Waals surface area contributed by atoms with Gasteiger partial charge in [-0.15, -0.1) is 0 Å². The van der Waals surface area contributed by atoms with E-state index < -0.39 is 11.7 Å². The van der Waals surface area contributed by atoms with Crippen molar-refractivity contribution in [3.63, 3.8) is 0 Å². The lowest BCUT2D eigenvalue weighted by atomic mass is 10.1. The van der Waals surface area contributed by atoms with Crippen LogP contribution in [0.3, 0.4) is 0 Å². The second-order valence-electron chi connectivity index (χ2n) is 4.81. The van der Waals surface area contributed by atoms with Crippen molar-refractivity contribution in [1.82, 2.24) is 4.90 Å². The predicted octanol–water partition coefficient (Wildman–Crippen LogP) is 3.56. The summed E-state index contributed by atoms with van der Waals surface area (Å²) < 4.78 is 38.1. The molecular weight excluding hydrogens is 305 g/mol. The molecule has 114 valence electrons. The highest BCUT2D eigenvalue weighted by atomic mass is 35.5. The summed E-state index contributed by atoms with van der Waals surface area (Å²) in [7, 11) is 0. The highest BCUT2D eigenvalue weighted by Gasteiger charge is 2.31. The van der Waals surface area contributed by atoms with E-state index >= 15 is 0 Å². The number of amides is 1. The maximum Gasteiger partial charge on any atom is 0.416 e. The largest absolute Gasteiger partial charge is 0.416 e. The van der Waals surface area contributed by atoms with Crippen LogP contribution >= 0.6 is 11.6 Å². The molecule has 2 rings (SSSR count). The first-order valence-electron chi connectivity index (χ1n) is 6.36. The topological polar surface area (TPSA) is 32.3 Å². The maximum absolute atomic E-state index is 12.7. The number of hydrogen-bond acceptors (Lipinski definition) is 2. The Hall–Kier alpha value is -1.69. The van der Waals surface area contributed by atoms with Crippen molar-refractivity contribution < 1.29 is 18.0 Å². The highest BCUT2D eigenvalue weighted by Crippen LogP contribution is 2.34. The third-order valence-corrected chi connectivity index (χ3v) is 3.66. The molecule has 0 aliphatic carbocycles. The second kappa shape index (κ2) is 5.97. The Morgan fingerprint density at radius 3 is 2.81 bits per heavy atom. The van der Waals surface area contributed by atoms with E-state index in [4.69, 9.17) is 11.6 Å². The van der Waals surface area contributed by atoms with E-state index in [0.717, 1.165) is 12.1 Å². The average molecular weight is 319 g/mol. The first-order valence-corrected chi connectivity index (χ1v) is 6.73. The molecule has 21 heavy (non-hydrogen) atoms. The van der Waals surface area contributed by atoms with Gasteiger partial charge in [-0.3, -0.25) is 4.79 Å². The number of halogens is 4. The monoisotopic (exact) mass is 318 g/mol. The zero-order valence-corrected chi connectivity index (χ0v) is 11.8. The minimum Gasteiger partial charge on any atom is -0.379 e. The smallest absolute Gasteiger partial charge is 0.379 e. The summed E-state index contributed by atoms with van der Waals surface area (Å²) in [5.41, 5.74) is -0.532. The van der Waals surface area contributed by atoms with Gasteiger partial charge < -0.3 is 10.2 Å². The molecule has 1 aromatic carbocycles. The maximum atomic E-state index is 12.7. The van der Waals surface area contributed by atoms with Gasteiger partial charge in [-0.25, -0.2) is 0 Å². The minimum atomic E-state index is -4.42. The van der Waals surface area contributed by atoms with Crippen molar-refractivity contribution in [3.05, 3.63) is 41.4 Å². The number of carbonyl (C=O) groups excluding carboxylic acids is 1. The zero-order valence-electron chi connectivity index (χ0n) is 11.1. The van der Waals surface area contributed by atoms with Crippen LogP contribution in [0.5, 0.6) is 0 Å². The van der Waals surface area contributed by atoms with Crippen molar-refractivity contribution in [2.24, 2.45) is 0 Å². The Bertz CT molecular complexity index is 560. The summed E-state index contributed by atoms with van der Waals surface area (Å²) in [6.07, 6.45) is -2.55. The highest BCUT2D eigenvalue weighted by molar-refractivity contribution is 6.33. The first-order chi connectivity index (χ1) is 9.81. The van der Waals surface area contributed by atoms with Gasteiger partial charge in [0.2, 0.25) is 5.91 Å². The van der Waals surface area contributed by atoms with Gasteiger partial charge >= 0.3 is 6.18 Å². The van der Waals surface area contributed by atoms with E-state index in [1.807, 2.05) is 0 Å². The Labute approximate surface area is 125 Å². The summed E-state index contributed by atoms with van der Waals surface area (Å²) in [5, 5.41) is 3.19. The Morgan fingerprint density at radius 1 is 1.48 bits per heavy atom. The van der Waals surface area contributed by atoms with Crippen molar-refractivity contribution in [1.29, 1.82) is 0 Å². The molecule has 0 aromatic heterocycles. The molecule has 1 aliphatic heterocycles. The van der Waals surface area contributed by atoms with E-state index in [-0.39, 0.29) is 22.7 Å². The standard InChI is InChI=1S/C14H14ClF3N2O/c1-2-13(21)20-6-5-10(8-20)19-12-7-9(14(16,17)18)3-4-11(12)15/h2-4,7,10,19H,1,5-6,8H2. The van der Waals surface area contributed by atoms with Crippen LogP contribution in [-0.2, 0) is 11.0 Å². The number of rotatable bonds is 3. The molecule has 0 spiro atoms. The molecule has 1 N–H and O–H groups in total. The number of hydrogen-bond donors (Lipinski definition) is 1. The summed E-state index contributed by atoms with van der Waals surface area (Å²) in [6.45, 7) is 4.36. The van der Waals surface area contributed by atoms with E-state index in [1.54, 1.807) is 4.90 Å². The van der Waals surface area contributed by atoms with Gasteiger partial charge in [0.1, 0.15) is 0 Å². The fourth-order valence-electron chi connectivity index (χ4n) is 2.24. The molecule has 1 aliphatic rings. The number of anilines is 1. The number of carbonyl (C=O) groups is 1. The Morgan fingerprint density at radius 2 is 2.19 bits per heavy atom. The van der Waals surface area contributed by atoms with Crippen molar-refractivity contribution in [2.75, 3.05) is 18.4 Å². The van der Waals surface area contributed by atoms with E-state index in [9.17, 15) is 18.0 Å². The summed E-state index contributed by atoms with van der Waals surface area (Å²) in [5.74, 6) is -0.186. The predicted molar refractivity (Wildman–Crippen MR) is 75.3 cm³/mol. The molecule has 1 aromatic rings. The van der Waals surface area contributed by atoms with Crippen LogP contribution < -0.4 is 5.32 Å². The Kier molecular flexibility index (Phi) is 4.46. The average Bonchev–Trinajstić information content (AvgIpc) is 2.87. The number of nitrogens with one attached hydrogen (secondary N) is 1. The normalized spacial score (nSPS) is 18.7. The van der Waals surface area contributed by atoms with Crippen LogP contribution in [0.1, 0.15) is 12.0 Å². The molecule has 1 fully saturated rings. The second-order valence-corrected chi connectivity index (χ2v) is 5.22. The van der Waals surface area contributed by atoms with Gasteiger partial charge in [0, 0.05) is 19.1 Å².